The summed E-state index contributed by atoms with van der Waals surface area (Å²) >= 11 is 0. The standard InChI is InChI=1S/C19H18F3N5O/c1-27-11-12(10-25-27)18(28)24-7-3-4-13-8-15-14(5-2-6-16(15)23)17(26-13)9-19(20,21)22/h2-6,8,10-11H,7,9,23H2,1H3,(H,24,28)/b4-3+. The van der Waals surface area contributed by atoms with Crippen LogP contribution in [0, 0.1) is 0 Å². The number of nitrogens with one attached hydrogen (secondary N) is 1. The van der Waals surface area contributed by atoms with Gasteiger partial charge in [-0.05, 0) is 18.2 Å². The molecule has 3 rings (SSSR count). The molecule has 1 aromatic carbocycles. The third-order valence-electron chi connectivity index (χ3n) is 4.01. The fourth-order valence-corrected chi connectivity index (χ4v) is 2.77. The van der Waals surface area contributed by atoms with E-state index in [1.807, 2.05) is 0 Å². The number of anilines is 1. The van der Waals surface area contributed by atoms with Crippen LogP contribution in [0.25, 0.3) is 16.8 Å². The van der Waals surface area contributed by atoms with Crippen LogP contribution >= 0.6 is 0 Å². The number of nitrogens with zero attached hydrogens (tertiary/aromatic N) is 3. The van der Waals surface area contributed by atoms with Gasteiger partial charge in [-0.1, -0.05) is 18.2 Å². The maximum atomic E-state index is 12.9. The second kappa shape index (κ2) is 7.71. The molecule has 0 saturated heterocycles. The first kappa shape index (κ1) is 19.4. The van der Waals surface area contributed by atoms with Crippen molar-refractivity contribution in [3.05, 3.63) is 59.7 Å². The predicted octanol–water partition coefficient (Wildman–Crippen LogP) is 3.10. The molecule has 2 heterocycles. The van der Waals surface area contributed by atoms with Crippen LogP contribution in [0.2, 0.25) is 0 Å². The molecule has 3 aromatic rings. The van der Waals surface area contributed by atoms with Crippen LogP contribution in [0.1, 0.15) is 21.7 Å². The minimum Gasteiger partial charge on any atom is -0.398 e. The second-order valence-corrected chi connectivity index (χ2v) is 6.24. The highest BCUT2D eigenvalue weighted by Gasteiger charge is 2.29. The van der Waals surface area contributed by atoms with Gasteiger partial charge in [0.2, 0.25) is 0 Å². The van der Waals surface area contributed by atoms with Gasteiger partial charge in [-0.25, -0.2) is 0 Å². The molecule has 0 aliphatic carbocycles. The summed E-state index contributed by atoms with van der Waals surface area (Å²) in [7, 11) is 1.70. The van der Waals surface area contributed by atoms with Crippen LogP contribution in [-0.2, 0) is 13.5 Å². The van der Waals surface area contributed by atoms with Crippen molar-refractivity contribution in [3.63, 3.8) is 0 Å². The fourth-order valence-electron chi connectivity index (χ4n) is 2.77. The fraction of sp³-hybridized carbons (Fsp3) is 0.211. The number of aryl methyl sites for hydroxylation is 1. The number of hydrogen-bond acceptors (Lipinski definition) is 4. The van der Waals surface area contributed by atoms with Gasteiger partial charge in [0.15, 0.2) is 0 Å². The second-order valence-electron chi connectivity index (χ2n) is 6.24. The van der Waals surface area contributed by atoms with E-state index in [1.54, 1.807) is 49.7 Å². The quantitative estimate of drug-likeness (QED) is 0.657. The molecule has 0 bridgehead atoms. The van der Waals surface area contributed by atoms with E-state index in [0.717, 1.165) is 0 Å². The Morgan fingerprint density at radius 2 is 2.11 bits per heavy atom. The van der Waals surface area contributed by atoms with Crippen molar-refractivity contribution >= 4 is 28.4 Å². The van der Waals surface area contributed by atoms with E-state index in [-0.39, 0.29) is 18.1 Å². The number of alkyl halides is 3. The first-order chi connectivity index (χ1) is 13.2. The van der Waals surface area contributed by atoms with Crippen LogP contribution in [0.3, 0.4) is 0 Å². The summed E-state index contributed by atoms with van der Waals surface area (Å²) in [5, 5.41) is 7.47. The molecule has 0 unspecified atom stereocenters. The zero-order valence-corrected chi connectivity index (χ0v) is 15.0. The maximum absolute atomic E-state index is 12.9. The molecule has 28 heavy (non-hydrogen) atoms. The highest BCUT2D eigenvalue weighted by molar-refractivity contribution is 5.95. The molecule has 0 spiro atoms. The largest absolute Gasteiger partial charge is 0.398 e. The molecule has 1 amide bonds. The van der Waals surface area contributed by atoms with Crippen molar-refractivity contribution in [1.29, 1.82) is 0 Å². The number of aromatic nitrogens is 3. The Bertz CT molecular complexity index is 1040. The van der Waals surface area contributed by atoms with Crippen molar-refractivity contribution in [2.24, 2.45) is 7.05 Å². The molecule has 0 radical (unpaired) electrons. The number of fused-ring (bicyclic) bond motifs is 1. The summed E-state index contributed by atoms with van der Waals surface area (Å²) in [4.78, 5) is 16.1. The zero-order valence-electron chi connectivity index (χ0n) is 15.0. The van der Waals surface area contributed by atoms with Crippen molar-refractivity contribution in [3.8, 4) is 0 Å². The van der Waals surface area contributed by atoms with Crippen LogP contribution < -0.4 is 11.1 Å². The van der Waals surface area contributed by atoms with Gasteiger partial charge < -0.3 is 11.1 Å². The van der Waals surface area contributed by atoms with Crippen molar-refractivity contribution in [1.82, 2.24) is 20.1 Å². The number of carbonyl (C=O) groups is 1. The van der Waals surface area contributed by atoms with Gasteiger partial charge in [0, 0.05) is 36.2 Å². The number of halogens is 3. The Hall–Kier alpha value is -3.36. The summed E-state index contributed by atoms with van der Waals surface area (Å²) in [6.07, 6.45) is 0.650. The van der Waals surface area contributed by atoms with Gasteiger partial charge in [-0.3, -0.25) is 14.5 Å². The molecule has 3 N–H and O–H groups in total. The van der Waals surface area contributed by atoms with Gasteiger partial charge in [0.25, 0.3) is 5.91 Å². The van der Waals surface area contributed by atoms with Crippen LogP contribution in [0.5, 0.6) is 0 Å². The maximum Gasteiger partial charge on any atom is 0.394 e. The molecule has 6 nitrogen and oxygen atoms in total. The van der Waals surface area contributed by atoms with Gasteiger partial charge in [-0.15, -0.1) is 0 Å². The summed E-state index contributed by atoms with van der Waals surface area (Å²) in [6.45, 7) is 0.187. The number of nitrogen functional groups attached to an aromatic ring is 1. The van der Waals surface area contributed by atoms with Gasteiger partial charge in [-0.2, -0.15) is 18.3 Å². The summed E-state index contributed by atoms with van der Waals surface area (Å²) in [5.74, 6) is -0.300. The molecule has 0 aliphatic heterocycles. The normalized spacial score (nSPS) is 12.0. The number of pyridine rings is 1. The molecular formula is C19H18F3N5O. The van der Waals surface area contributed by atoms with Crippen LogP contribution in [0.15, 0.2) is 42.7 Å². The third kappa shape index (κ3) is 4.67. The lowest BCUT2D eigenvalue weighted by molar-refractivity contribution is -0.127. The van der Waals surface area contributed by atoms with Crippen molar-refractivity contribution in [2.75, 3.05) is 12.3 Å². The number of nitrogens with two attached hydrogens (primary N) is 1. The van der Waals surface area contributed by atoms with Crippen molar-refractivity contribution < 1.29 is 18.0 Å². The molecule has 0 aliphatic rings. The summed E-state index contributed by atoms with van der Waals surface area (Å²) < 4.78 is 40.3. The molecule has 0 saturated carbocycles. The lowest BCUT2D eigenvalue weighted by Crippen LogP contribution is -2.22. The molecular weight excluding hydrogens is 371 g/mol. The number of benzene rings is 1. The topological polar surface area (TPSA) is 85.8 Å². The van der Waals surface area contributed by atoms with E-state index in [2.05, 4.69) is 15.4 Å². The number of amides is 1. The van der Waals surface area contributed by atoms with E-state index >= 15 is 0 Å². The van der Waals surface area contributed by atoms with Crippen LogP contribution in [0.4, 0.5) is 18.9 Å². The highest BCUT2D eigenvalue weighted by atomic mass is 19.4. The van der Waals surface area contributed by atoms with Gasteiger partial charge >= 0.3 is 6.18 Å². The monoisotopic (exact) mass is 389 g/mol. The van der Waals surface area contributed by atoms with E-state index in [0.29, 0.717) is 27.7 Å². The Morgan fingerprint density at radius 3 is 2.79 bits per heavy atom. The Kier molecular flexibility index (Phi) is 5.34. The third-order valence-corrected chi connectivity index (χ3v) is 4.01. The lowest BCUT2D eigenvalue weighted by Gasteiger charge is -2.11. The SMILES string of the molecule is Cn1cc(C(=O)NC/C=C/c2cc3c(N)cccc3c(CC(F)(F)F)n2)cn1. The minimum absolute atomic E-state index is 0.0867. The highest BCUT2D eigenvalue weighted by Crippen LogP contribution is 2.29. The Morgan fingerprint density at radius 1 is 1.32 bits per heavy atom. The average Bonchev–Trinajstić information content (AvgIpc) is 3.05. The number of carbonyl (C=O) groups excluding carboxylic acids is 1. The molecule has 2 aromatic heterocycles. The first-order valence-electron chi connectivity index (χ1n) is 8.41. The molecule has 146 valence electrons. The Balaban J connectivity index is 1.79. The number of hydrogen-bond donors (Lipinski definition) is 2. The molecule has 9 heteroatoms. The van der Waals surface area contributed by atoms with E-state index < -0.39 is 12.6 Å². The summed E-state index contributed by atoms with van der Waals surface area (Å²) in [6, 6.07) is 6.43. The average molecular weight is 389 g/mol. The summed E-state index contributed by atoms with van der Waals surface area (Å²) in [5.41, 5.74) is 6.96. The number of rotatable bonds is 5. The zero-order chi connectivity index (χ0) is 20.3. The smallest absolute Gasteiger partial charge is 0.394 e. The van der Waals surface area contributed by atoms with Gasteiger partial charge in [0.05, 0.1) is 29.6 Å². The molecule has 0 atom stereocenters. The van der Waals surface area contributed by atoms with E-state index in [1.165, 1.54) is 10.9 Å². The first-order valence-corrected chi connectivity index (χ1v) is 8.41. The minimum atomic E-state index is -4.38. The predicted molar refractivity (Wildman–Crippen MR) is 100 cm³/mol. The lowest BCUT2D eigenvalue weighted by atomic mass is 10.0. The van der Waals surface area contributed by atoms with Gasteiger partial charge in [0.1, 0.15) is 0 Å². The van der Waals surface area contributed by atoms with Crippen molar-refractivity contribution in [2.45, 2.75) is 12.6 Å². The van der Waals surface area contributed by atoms with Crippen LogP contribution in [-0.4, -0.2) is 33.4 Å². The van der Waals surface area contributed by atoms with E-state index in [9.17, 15) is 18.0 Å². The van der Waals surface area contributed by atoms with E-state index in [4.69, 9.17) is 5.73 Å². The molecule has 0 fully saturated rings. The Labute approximate surface area is 158 Å².